The zero-order chi connectivity index (χ0) is 12.5. The number of rotatable bonds is 3. The average molecular weight is 260 g/mol. The van der Waals surface area contributed by atoms with Gasteiger partial charge in [-0.3, -0.25) is 0 Å². The van der Waals surface area contributed by atoms with Gasteiger partial charge < -0.3 is 15.3 Å². The van der Waals surface area contributed by atoms with Gasteiger partial charge >= 0.3 is 5.97 Å². The summed E-state index contributed by atoms with van der Waals surface area (Å²) in [7, 11) is -1.93. The maximum Gasteiger partial charge on any atom is 0.339 e. The number of anilines is 1. The van der Waals surface area contributed by atoms with Crippen LogP contribution >= 0.6 is 11.6 Å². The fraction of sp³-hybridized carbons (Fsp3) is 0.300. The van der Waals surface area contributed by atoms with Gasteiger partial charge in [0.15, 0.2) is 0 Å². The number of halogens is 1. The third-order valence-electron chi connectivity index (χ3n) is 1.77. The summed E-state index contributed by atoms with van der Waals surface area (Å²) < 4.78 is 5.65. The topological polar surface area (TPSA) is 72.5 Å². The SMILES string of the molecule is C[Si](C)(C)Oc1c(C(=O)O)ccc(N)c1Cl. The summed E-state index contributed by atoms with van der Waals surface area (Å²) in [6.07, 6.45) is 0. The number of carboxylic acid groups (broad SMARTS) is 1. The quantitative estimate of drug-likeness (QED) is 0.647. The molecule has 1 aromatic carbocycles. The number of hydrogen-bond acceptors (Lipinski definition) is 3. The highest BCUT2D eigenvalue weighted by Gasteiger charge is 2.23. The highest BCUT2D eigenvalue weighted by molar-refractivity contribution is 6.70. The lowest BCUT2D eigenvalue weighted by molar-refractivity contribution is 0.0695. The molecule has 0 amide bonds. The molecule has 0 aromatic heterocycles. The summed E-state index contributed by atoms with van der Waals surface area (Å²) in [6, 6.07) is 2.86. The van der Waals surface area contributed by atoms with Gasteiger partial charge in [-0.05, 0) is 31.8 Å². The van der Waals surface area contributed by atoms with Crippen LogP contribution in [-0.2, 0) is 0 Å². The smallest absolute Gasteiger partial charge is 0.339 e. The predicted octanol–water partition coefficient (Wildman–Crippen LogP) is 2.83. The molecule has 0 radical (unpaired) electrons. The van der Waals surface area contributed by atoms with Crippen LogP contribution in [0.5, 0.6) is 5.75 Å². The van der Waals surface area contributed by atoms with E-state index >= 15 is 0 Å². The van der Waals surface area contributed by atoms with Crippen molar-refractivity contribution in [3.63, 3.8) is 0 Å². The van der Waals surface area contributed by atoms with Gasteiger partial charge in [0.25, 0.3) is 0 Å². The van der Waals surface area contributed by atoms with Crippen LogP contribution in [0.25, 0.3) is 0 Å². The van der Waals surface area contributed by atoms with E-state index in [1.54, 1.807) is 0 Å². The number of carbonyl (C=O) groups is 1. The van der Waals surface area contributed by atoms with Gasteiger partial charge in [-0.2, -0.15) is 0 Å². The van der Waals surface area contributed by atoms with Crippen molar-refractivity contribution in [2.75, 3.05) is 5.73 Å². The molecule has 4 nitrogen and oxygen atoms in total. The van der Waals surface area contributed by atoms with Crippen LogP contribution in [0.4, 0.5) is 5.69 Å². The lowest BCUT2D eigenvalue weighted by atomic mass is 10.2. The van der Waals surface area contributed by atoms with E-state index in [0.717, 1.165) is 0 Å². The van der Waals surface area contributed by atoms with E-state index < -0.39 is 14.3 Å². The van der Waals surface area contributed by atoms with Crippen LogP contribution in [0.3, 0.4) is 0 Å². The van der Waals surface area contributed by atoms with Gasteiger partial charge in [-0.15, -0.1) is 0 Å². The Kier molecular flexibility index (Phi) is 3.50. The third kappa shape index (κ3) is 2.90. The Labute approximate surface area is 100 Å². The minimum absolute atomic E-state index is 0.0432. The van der Waals surface area contributed by atoms with Crippen molar-refractivity contribution in [1.82, 2.24) is 0 Å². The summed E-state index contributed by atoms with van der Waals surface area (Å²) in [5, 5.41) is 9.18. The van der Waals surface area contributed by atoms with E-state index in [0.29, 0.717) is 5.69 Å². The molecular formula is C10H14ClNO3Si. The fourth-order valence-corrected chi connectivity index (χ4v) is 2.24. The van der Waals surface area contributed by atoms with Crippen molar-refractivity contribution in [3.05, 3.63) is 22.7 Å². The predicted molar refractivity (Wildman–Crippen MR) is 66.8 cm³/mol. The van der Waals surface area contributed by atoms with Crippen LogP contribution in [0, 0.1) is 0 Å². The molecule has 0 heterocycles. The molecule has 16 heavy (non-hydrogen) atoms. The zero-order valence-electron chi connectivity index (χ0n) is 9.37. The van der Waals surface area contributed by atoms with Gasteiger partial charge in [0.05, 0.1) is 5.69 Å². The number of nitrogen functional groups attached to an aromatic ring is 1. The molecule has 0 spiro atoms. The van der Waals surface area contributed by atoms with Gasteiger partial charge in [-0.25, -0.2) is 4.79 Å². The Morgan fingerprint density at radius 2 is 2.00 bits per heavy atom. The van der Waals surface area contributed by atoms with Gasteiger partial charge in [0, 0.05) is 0 Å². The maximum absolute atomic E-state index is 11.0. The first-order valence-corrected chi connectivity index (χ1v) is 8.51. The molecule has 0 atom stereocenters. The largest absolute Gasteiger partial charge is 0.543 e. The molecule has 0 aliphatic heterocycles. The van der Waals surface area contributed by atoms with Gasteiger partial charge in [0.1, 0.15) is 16.3 Å². The Hall–Kier alpha value is -1.20. The molecule has 0 aliphatic rings. The van der Waals surface area contributed by atoms with Crippen molar-refractivity contribution in [2.45, 2.75) is 19.6 Å². The average Bonchev–Trinajstić information content (AvgIpc) is 2.10. The Morgan fingerprint density at radius 1 is 1.44 bits per heavy atom. The van der Waals surface area contributed by atoms with E-state index in [1.165, 1.54) is 12.1 Å². The summed E-state index contributed by atoms with van der Waals surface area (Å²) in [6.45, 7) is 5.83. The fourth-order valence-electron chi connectivity index (χ4n) is 1.15. The second-order valence-electron chi connectivity index (χ2n) is 4.37. The monoisotopic (exact) mass is 259 g/mol. The van der Waals surface area contributed by atoms with Crippen molar-refractivity contribution >= 4 is 31.6 Å². The van der Waals surface area contributed by atoms with Crippen molar-refractivity contribution in [1.29, 1.82) is 0 Å². The molecular weight excluding hydrogens is 246 g/mol. The Bertz CT molecular complexity index is 429. The van der Waals surface area contributed by atoms with E-state index in [9.17, 15) is 4.79 Å². The molecule has 0 saturated heterocycles. The minimum Gasteiger partial charge on any atom is -0.543 e. The number of nitrogens with two attached hydrogens (primary N) is 1. The molecule has 0 aliphatic carbocycles. The number of aromatic carboxylic acids is 1. The van der Waals surface area contributed by atoms with E-state index in [1.807, 2.05) is 19.6 Å². The molecule has 0 bridgehead atoms. The molecule has 6 heteroatoms. The number of benzene rings is 1. The van der Waals surface area contributed by atoms with Crippen LogP contribution in [-0.4, -0.2) is 19.4 Å². The lowest BCUT2D eigenvalue weighted by Crippen LogP contribution is -2.30. The molecule has 0 saturated carbocycles. The second-order valence-corrected chi connectivity index (χ2v) is 9.17. The first kappa shape index (κ1) is 12.9. The van der Waals surface area contributed by atoms with Crippen LogP contribution in [0.2, 0.25) is 24.7 Å². The van der Waals surface area contributed by atoms with Crippen molar-refractivity contribution in [2.24, 2.45) is 0 Å². The van der Waals surface area contributed by atoms with E-state index in [-0.39, 0.29) is 16.3 Å². The normalized spacial score (nSPS) is 11.2. The maximum atomic E-state index is 11.0. The van der Waals surface area contributed by atoms with Crippen LogP contribution in [0.1, 0.15) is 10.4 Å². The first-order chi connectivity index (χ1) is 7.22. The lowest BCUT2D eigenvalue weighted by Gasteiger charge is -2.22. The third-order valence-corrected chi connectivity index (χ3v) is 2.97. The molecule has 0 unspecified atom stereocenters. The summed E-state index contributed by atoms with van der Waals surface area (Å²) in [4.78, 5) is 11.0. The van der Waals surface area contributed by atoms with E-state index in [4.69, 9.17) is 26.9 Å². The standard InChI is InChI=1S/C10H14ClNO3Si/c1-16(2,3)15-9-6(10(13)14)4-5-7(12)8(9)11/h4-5H,12H2,1-3H3,(H,13,14). The van der Waals surface area contributed by atoms with Gasteiger partial charge in [-0.1, -0.05) is 11.6 Å². The first-order valence-electron chi connectivity index (χ1n) is 4.72. The van der Waals surface area contributed by atoms with E-state index in [2.05, 4.69) is 0 Å². The van der Waals surface area contributed by atoms with Gasteiger partial charge in [0.2, 0.25) is 8.32 Å². The summed E-state index contributed by atoms with van der Waals surface area (Å²) in [5.41, 5.74) is 5.98. The van der Waals surface area contributed by atoms with Crippen molar-refractivity contribution < 1.29 is 14.3 Å². The molecule has 3 N–H and O–H groups in total. The number of hydrogen-bond donors (Lipinski definition) is 2. The Balaban J connectivity index is 3.32. The summed E-state index contributed by atoms with van der Waals surface area (Å²) in [5.74, 6) is -0.900. The van der Waals surface area contributed by atoms with Crippen molar-refractivity contribution in [3.8, 4) is 5.75 Å². The Morgan fingerprint density at radius 3 is 2.44 bits per heavy atom. The van der Waals surface area contributed by atoms with Crippen LogP contribution in [0.15, 0.2) is 12.1 Å². The molecule has 1 rings (SSSR count). The second kappa shape index (κ2) is 4.35. The highest BCUT2D eigenvalue weighted by atomic mass is 35.5. The number of carboxylic acids is 1. The summed E-state index contributed by atoms with van der Waals surface area (Å²) >= 11 is 5.96. The molecule has 0 fully saturated rings. The molecule has 1 aromatic rings. The molecule has 88 valence electrons. The minimum atomic E-state index is -1.93. The highest BCUT2D eigenvalue weighted by Crippen LogP contribution is 2.35. The zero-order valence-corrected chi connectivity index (χ0v) is 11.1. The van der Waals surface area contributed by atoms with Crippen LogP contribution < -0.4 is 10.2 Å².